The van der Waals surface area contributed by atoms with Crippen molar-refractivity contribution in [1.82, 2.24) is 10.3 Å². The fourth-order valence-corrected chi connectivity index (χ4v) is 1.98. The Labute approximate surface area is 113 Å². The molecule has 1 aromatic heterocycles. The van der Waals surface area contributed by atoms with Gasteiger partial charge >= 0.3 is 0 Å². The Morgan fingerprint density at radius 2 is 2.21 bits per heavy atom. The molecule has 4 nitrogen and oxygen atoms in total. The molecule has 0 unspecified atom stereocenters. The van der Waals surface area contributed by atoms with Crippen molar-refractivity contribution in [3.8, 4) is 17.1 Å². The van der Waals surface area contributed by atoms with Gasteiger partial charge < -0.3 is 14.5 Å². The van der Waals surface area contributed by atoms with E-state index in [0.29, 0.717) is 0 Å². The lowest BCUT2D eigenvalue weighted by molar-refractivity contribution is 0.413. The van der Waals surface area contributed by atoms with Crippen molar-refractivity contribution < 1.29 is 9.15 Å². The molecule has 1 heterocycles. The molecule has 0 aliphatic rings. The molecule has 0 amide bonds. The van der Waals surface area contributed by atoms with Crippen molar-refractivity contribution in [3.05, 3.63) is 35.9 Å². The quantitative estimate of drug-likeness (QED) is 0.811. The van der Waals surface area contributed by atoms with E-state index in [0.717, 1.165) is 42.4 Å². The SMILES string of the molecule is CNCCCc1ncc(-c2cc(C)ccc2OC)o1. The topological polar surface area (TPSA) is 47.3 Å². The molecule has 4 heteroatoms. The molecule has 0 saturated heterocycles. The van der Waals surface area contributed by atoms with E-state index in [9.17, 15) is 0 Å². The third-order valence-electron chi connectivity index (χ3n) is 2.99. The van der Waals surface area contributed by atoms with Crippen LogP contribution in [0.5, 0.6) is 5.75 Å². The van der Waals surface area contributed by atoms with Gasteiger partial charge in [0.05, 0.1) is 18.9 Å². The van der Waals surface area contributed by atoms with Crippen LogP contribution in [0.25, 0.3) is 11.3 Å². The number of oxazole rings is 1. The first-order chi connectivity index (χ1) is 9.24. The average molecular weight is 260 g/mol. The third-order valence-corrected chi connectivity index (χ3v) is 2.99. The molecule has 1 aromatic carbocycles. The van der Waals surface area contributed by atoms with Crippen LogP contribution in [0.15, 0.2) is 28.8 Å². The maximum absolute atomic E-state index is 5.79. The zero-order valence-corrected chi connectivity index (χ0v) is 11.7. The second-order valence-corrected chi connectivity index (χ2v) is 4.53. The van der Waals surface area contributed by atoms with Crippen LogP contribution in [0.4, 0.5) is 0 Å². The maximum Gasteiger partial charge on any atom is 0.194 e. The minimum Gasteiger partial charge on any atom is -0.496 e. The van der Waals surface area contributed by atoms with E-state index >= 15 is 0 Å². The third kappa shape index (κ3) is 3.35. The van der Waals surface area contributed by atoms with Gasteiger partial charge in [0.1, 0.15) is 5.75 Å². The van der Waals surface area contributed by atoms with Gasteiger partial charge in [-0.1, -0.05) is 11.6 Å². The fourth-order valence-electron chi connectivity index (χ4n) is 1.98. The molecule has 19 heavy (non-hydrogen) atoms. The van der Waals surface area contributed by atoms with Crippen molar-refractivity contribution >= 4 is 0 Å². The van der Waals surface area contributed by atoms with Crippen LogP contribution in [0.2, 0.25) is 0 Å². The number of ether oxygens (including phenoxy) is 1. The number of aryl methyl sites for hydroxylation is 2. The summed E-state index contributed by atoms with van der Waals surface area (Å²) in [6, 6.07) is 6.02. The molecule has 0 atom stereocenters. The molecule has 2 aromatic rings. The Morgan fingerprint density at radius 3 is 2.95 bits per heavy atom. The van der Waals surface area contributed by atoms with E-state index in [1.165, 1.54) is 5.56 Å². The summed E-state index contributed by atoms with van der Waals surface area (Å²) in [7, 11) is 3.61. The van der Waals surface area contributed by atoms with Gasteiger partial charge in [-0.3, -0.25) is 0 Å². The number of aromatic nitrogens is 1. The lowest BCUT2D eigenvalue weighted by Gasteiger charge is -2.06. The van der Waals surface area contributed by atoms with Crippen molar-refractivity contribution in [2.24, 2.45) is 0 Å². The lowest BCUT2D eigenvalue weighted by atomic mass is 10.1. The number of nitrogens with one attached hydrogen (secondary N) is 1. The minimum atomic E-state index is 0.764. The highest BCUT2D eigenvalue weighted by atomic mass is 16.5. The molecule has 2 rings (SSSR count). The highest BCUT2D eigenvalue weighted by molar-refractivity contribution is 5.66. The lowest BCUT2D eigenvalue weighted by Crippen LogP contribution is -2.08. The predicted octanol–water partition coefficient (Wildman–Crippen LogP) is 2.81. The van der Waals surface area contributed by atoms with Gasteiger partial charge in [0.2, 0.25) is 0 Å². The molecule has 0 fully saturated rings. The summed E-state index contributed by atoms with van der Waals surface area (Å²) < 4.78 is 11.2. The van der Waals surface area contributed by atoms with Crippen LogP contribution < -0.4 is 10.1 Å². The van der Waals surface area contributed by atoms with Gasteiger partial charge in [-0.15, -0.1) is 0 Å². The molecule has 0 aliphatic heterocycles. The smallest absolute Gasteiger partial charge is 0.194 e. The average Bonchev–Trinajstić information content (AvgIpc) is 2.88. The summed E-state index contributed by atoms with van der Waals surface area (Å²) in [6.45, 7) is 3.01. The zero-order valence-electron chi connectivity index (χ0n) is 11.7. The van der Waals surface area contributed by atoms with Crippen molar-refractivity contribution in [2.75, 3.05) is 20.7 Å². The predicted molar refractivity (Wildman–Crippen MR) is 75.5 cm³/mol. The van der Waals surface area contributed by atoms with Crippen molar-refractivity contribution in [3.63, 3.8) is 0 Å². The molecule has 0 radical (unpaired) electrons. The highest BCUT2D eigenvalue weighted by Crippen LogP contribution is 2.31. The van der Waals surface area contributed by atoms with Crippen LogP contribution in [-0.4, -0.2) is 25.7 Å². The summed E-state index contributed by atoms with van der Waals surface area (Å²) >= 11 is 0. The minimum absolute atomic E-state index is 0.764. The van der Waals surface area contributed by atoms with E-state index in [1.54, 1.807) is 13.3 Å². The number of nitrogens with zero attached hydrogens (tertiary/aromatic N) is 1. The van der Waals surface area contributed by atoms with Crippen LogP contribution >= 0.6 is 0 Å². The van der Waals surface area contributed by atoms with Crippen LogP contribution in [0, 0.1) is 6.92 Å². The first-order valence-corrected chi connectivity index (χ1v) is 6.49. The van der Waals surface area contributed by atoms with E-state index in [2.05, 4.69) is 16.4 Å². The number of hydrogen-bond acceptors (Lipinski definition) is 4. The Morgan fingerprint density at radius 1 is 1.37 bits per heavy atom. The highest BCUT2D eigenvalue weighted by Gasteiger charge is 2.11. The normalized spacial score (nSPS) is 10.7. The second-order valence-electron chi connectivity index (χ2n) is 4.53. The van der Waals surface area contributed by atoms with Gasteiger partial charge in [0, 0.05) is 6.42 Å². The number of methoxy groups -OCH3 is 1. The van der Waals surface area contributed by atoms with Crippen molar-refractivity contribution in [1.29, 1.82) is 0 Å². The number of rotatable bonds is 6. The summed E-state index contributed by atoms with van der Waals surface area (Å²) in [6.07, 6.45) is 3.63. The zero-order chi connectivity index (χ0) is 13.7. The summed E-state index contributed by atoms with van der Waals surface area (Å²) in [5.41, 5.74) is 2.12. The van der Waals surface area contributed by atoms with E-state index < -0.39 is 0 Å². The molecular weight excluding hydrogens is 240 g/mol. The Kier molecular flexibility index (Phi) is 4.58. The molecule has 1 N–H and O–H groups in total. The largest absolute Gasteiger partial charge is 0.496 e. The van der Waals surface area contributed by atoms with Gasteiger partial charge in [-0.05, 0) is 39.1 Å². The molecule has 0 aliphatic carbocycles. The first kappa shape index (κ1) is 13.6. The number of hydrogen-bond donors (Lipinski definition) is 1. The Hall–Kier alpha value is -1.81. The van der Waals surface area contributed by atoms with E-state index in [1.807, 2.05) is 26.1 Å². The molecule has 0 spiro atoms. The van der Waals surface area contributed by atoms with Gasteiger partial charge in [0.25, 0.3) is 0 Å². The molecule has 0 saturated carbocycles. The standard InChI is InChI=1S/C15H20N2O2/c1-11-6-7-13(18-3)12(9-11)14-10-17-15(19-14)5-4-8-16-2/h6-7,9-10,16H,4-5,8H2,1-3H3. The molecule has 102 valence electrons. The number of benzene rings is 1. The summed E-state index contributed by atoms with van der Waals surface area (Å²) in [5.74, 6) is 2.34. The Balaban J connectivity index is 2.20. The van der Waals surface area contributed by atoms with Crippen LogP contribution in [0.3, 0.4) is 0 Å². The van der Waals surface area contributed by atoms with Crippen molar-refractivity contribution in [2.45, 2.75) is 19.8 Å². The van der Waals surface area contributed by atoms with Gasteiger partial charge in [-0.25, -0.2) is 4.98 Å². The van der Waals surface area contributed by atoms with E-state index in [-0.39, 0.29) is 0 Å². The summed E-state index contributed by atoms with van der Waals surface area (Å²) in [5, 5.41) is 3.11. The van der Waals surface area contributed by atoms with Crippen LogP contribution in [0.1, 0.15) is 17.9 Å². The van der Waals surface area contributed by atoms with Gasteiger partial charge in [0.15, 0.2) is 11.7 Å². The second kappa shape index (κ2) is 6.38. The van der Waals surface area contributed by atoms with Crippen LogP contribution in [-0.2, 0) is 6.42 Å². The van der Waals surface area contributed by atoms with Gasteiger partial charge in [-0.2, -0.15) is 0 Å². The monoisotopic (exact) mass is 260 g/mol. The fraction of sp³-hybridized carbons (Fsp3) is 0.400. The molecule has 0 bridgehead atoms. The maximum atomic E-state index is 5.79. The summed E-state index contributed by atoms with van der Waals surface area (Å²) in [4.78, 5) is 4.32. The van der Waals surface area contributed by atoms with E-state index in [4.69, 9.17) is 9.15 Å². The first-order valence-electron chi connectivity index (χ1n) is 6.49. The molecular formula is C15H20N2O2. The Bertz CT molecular complexity index is 535.